The van der Waals surface area contributed by atoms with Crippen molar-refractivity contribution in [1.82, 2.24) is 9.97 Å². The smallest absolute Gasteiger partial charge is 0.118 e. The van der Waals surface area contributed by atoms with Gasteiger partial charge in [0.2, 0.25) is 0 Å². The molecule has 32 heavy (non-hydrogen) atoms. The van der Waals surface area contributed by atoms with Crippen LogP contribution in [0.2, 0.25) is 0 Å². The lowest BCUT2D eigenvalue weighted by Gasteiger charge is -2.18. The average molecular weight is 412 g/mol. The number of nitrogens with zero attached hydrogens (tertiary/aromatic N) is 2. The number of aromatic nitrogens is 2. The Bertz CT molecular complexity index is 1550. The molecule has 0 N–H and O–H groups in total. The monoisotopic (exact) mass is 412 g/mol. The number of fused-ring (bicyclic) bond motifs is 3. The van der Waals surface area contributed by atoms with Crippen molar-refractivity contribution in [2.45, 2.75) is 0 Å². The molecule has 0 spiro atoms. The van der Waals surface area contributed by atoms with Gasteiger partial charge in [-0.05, 0) is 62.5 Å². The van der Waals surface area contributed by atoms with Gasteiger partial charge in [-0.1, -0.05) is 60.7 Å². The van der Waals surface area contributed by atoms with Crippen molar-refractivity contribution >= 4 is 32.4 Å². The van der Waals surface area contributed by atoms with Crippen LogP contribution in [0.5, 0.6) is 5.75 Å². The van der Waals surface area contributed by atoms with Gasteiger partial charge in [-0.2, -0.15) is 0 Å². The van der Waals surface area contributed by atoms with Crippen LogP contribution < -0.4 is 4.74 Å². The first-order valence-electron chi connectivity index (χ1n) is 10.6. The lowest BCUT2D eigenvalue weighted by molar-refractivity contribution is 0.415. The zero-order valence-corrected chi connectivity index (χ0v) is 17.6. The molecule has 152 valence electrons. The maximum absolute atomic E-state index is 5.38. The van der Waals surface area contributed by atoms with Crippen LogP contribution in [0.4, 0.5) is 0 Å². The maximum Gasteiger partial charge on any atom is 0.118 e. The molecule has 0 radical (unpaired) electrons. The molecule has 0 fully saturated rings. The van der Waals surface area contributed by atoms with E-state index in [9.17, 15) is 0 Å². The lowest BCUT2D eigenvalue weighted by atomic mass is 9.86. The van der Waals surface area contributed by atoms with Crippen molar-refractivity contribution in [3.05, 3.63) is 104 Å². The number of methoxy groups -OCH3 is 1. The standard InChI is InChI=1S/C29H20N2O/c1-32-22-12-10-19(11-13-22)28-23-6-2-4-8-25(23)29(26-9-5-3-7-24(26)28)21-16-20-14-15-30-18-27(20)31-17-21/h2-18H,1H3. The molecule has 0 bridgehead atoms. The predicted octanol–water partition coefficient (Wildman–Crippen LogP) is 7.28. The third kappa shape index (κ3) is 2.90. The normalized spacial score (nSPS) is 11.3. The summed E-state index contributed by atoms with van der Waals surface area (Å²) in [6.45, 7) is 0. The van der Waals surface area contributed by atoms with Gasteiger partial charge in [0.15, 0.2) is 0 Å². The largest absolute Gasteiger partial charge is 0.497 e. The van der Waals surface area contributed by atoms with Gasteiger partial charge in [0.25, 0.3) is 0 Å². The summed E-state index contributed by atoms with van der Waals surface area (Å²) in [5.74, 6) is 0.857. The molecule has 2 heterocycles. The third-order valence-corrected chi connectivity index (χ3v) is 6.09. The summed E-state index contributed by atoms with van der Waals surface area (Å²) in [7, 11) is 1.70. The Kier molecular flexibility index (Phi) is 4.32. The second kappa shape index (κ2) is 7.47. The third-order valence-electron chi connectivity index (χ3n) is 6.09. The molecule has 4 aromatic carbocycles. The van der Waals surface area contributed by atoms with E-state index in [-0.39, 0.29) is 0 Å². The number of hydrogen-bond acceptors (Lipinski definition) is 3. The second-order valence-electron chi connectivity index (χ2n) is 7.86. The van der Waals surface area contributed by atoms with Gasteiger partial charge in [-0.15, -0.1) is 0 Å². The summed E-state index contributed by atoms with van der Waals surface area (Å²) in [5.41, 5.74) is 5.63. The van der Waals surface area contributed by atoms with Gasteiger partial charge in [-0.3, -0.25) is 9.97 Å². The zero-order valence-electron chi connectivity index (χ0n) is 17.6. The molecule has 0 saturated heterocycles. The van der Waals surface area contributed by atoms with Gasteiger partial charge in [0.1, 0.15) is 5.75 Å². The molecule has 0 amide bonds. The maximum atomic E-state index is 5.38. The molecule has 0 aliphatic rings. The fourth-order valence-electron chi connectivity index (χ4n) is 4.62. The molecule has 0 unspecified atom stereocenters. The Labute approximate surface area is 186 Å². The molecule has 0 saturated carbocycles. The van der Waals surface area contributed by atoms with Crippen LogP contribution in [0.25, 0.3) is 54.7 Å². The summed E-state index contributed by atoms with van der Waals surface area (Å²) in [6.07, 6.45) is 5.59. The van der Waals surface area contributed by atoms with E-state index in [1.165, 1.54) is 38.2 Å². The van der Waals surface area contributed by atoms with Gasteiger partial charge < -0.3 is 4.74 Å². The van der Waals surface area contributed by atoms with Crippen LogP contribution in [-0.4, -0.2) is 17.1 Å². The van der Waals surface area contributed by atoms with Gasteiger partial charge in [-0.25, -0.2) is 0 Å². The van der Waals surface area contributed by atoms with Gasteiger partial charge >= 0.3 is 0 Å². The minimum absolute atomic E-state index is 0.857. The quantitative estimate of drug-likeness (QED) is 0.287. The topological polar surface area (TPSA) is 35.0 Å². The van der Waals surface area contributed by atoms with Gasteiger partial charge in [0, 0.05) is 23.3 Å². The van der Waals surface area contributed by atoms with E-state index in [0.717, 1.165) is 22.2 Å². The number of rotatable bonds is 3. The van der Waals surface area contributed by atoms with Crippen LogP contribution >= 0.6 is 0 Å². The van der Waals surface area contributed by atoms with E-state index in [4.69, 9.17) is 9.72 Å². The highest BCUT2D eigenvalue weighted by Crippen LogP contribution is 2.43. The number of ether oxygens (including phenoxy) is 1. The van der Waals surface area contributed by atoms with Crippen molar-refractivity contribution in [3.63, 3.8) is 0 Å². The van der Waals surface area contributed by atoms with Crippen molar-refractivity contribution in [3.8, 4) is 28.0 Å². The highest BCUT2D eigenvalue weighted by atomic mass is 16.5. The predicted molar refractivity (Wildman–Crippen MR) is 132 cm³/mol. The molecule has 0 atom stereocenters. The van der Waals surface area contributed by atoms with Crippen molar-refractivity contribution < 1.29 is 4.74 Å². The van der Waals surface area contributed by atoms with E-state index >= 15 is 0 Å². The van der Waals surface area contributed by atoms with E-state index < -0.39 is 0 Å². The first-order chi connectivity index (χ1) is 15.8. The Balaban J connectivity index is 1.73. The Morgan fingerprint density at radius 2 is 1.22 bits per heavy atom. The molecule has 3 nitrogen and oxygen atoms in total. The minimum Gasteiger partial charge on any atom is -0.497 e. The minimum atomic E-state index is 0.857. The molecule has 0 aliphatic carbocycles. The first kappa shape index (κ1) is 18.5. The fourth-order valence-corrected chi connectivity index (χ4v) is 4.62. The first-order valence-corrected chi connectivity index (χ1v) is 10.6. The van der Waals surface area contributed by atoms with E-state index in [1.807, 2.05) is 36.8 Å². The molecule has 2 aromatic heterocycles. The van der Waals surface area contributed by atoms with Crippen LogP contribution in [-0.2, 0) is 0 Å². The van der Waals surface area contributed by atoms with Crippen LogP contribution in [0.1, 0.15) is 0 Å². The van der Waals surface area contributed by atoms with Crippen LogP contribution in [0.3, 0.4) is 0 Å². The lowest BCUT2D eigenvalue weighted by Crippen LogP contribution is -1.92. The highest BCUT2D eigenvalue weighted by molar-refractivity contribution is 6.21. The molecular weight excluding hydrogens is 392 g/mol. The summed E-state index contributed by atoms with van der Waals surface area (Å²) >= 11 is 0. The second-order valence-corrected chi connectivity index (χ2v) is 7.86. The molecule has 0 aliphatic heterocycles. The average Bonchev–Trinajstić information content (AvgIpc) is 2.87. The summed E-state index contributed by atoms with van der Waals surface area (Å²) in [6, 6.07) is 29.8. The van der Waals surface area contributed by atoms with E-state index in [0.29, 0.717) is 0 Å². The van der Waals surface area contributed by atoms with Crippen LogP contribution in [0, 0.1) is 0 Å². The van der Waals surface area contributed by atoms with Crippen molar-refractivity contribution in [2.24, 2.45) is 0 Å². The summed E-state index contributed by atoms with van der Waals surface area (Å²) in [5, 5.41) is 5.96. The Morgan fingerprint density at radius 1 is 0.625 bits per heavy atom. The number of benzene rings is 4. The molecule has 6 rings (SSSR count). The Hall–Kier alpha value is -4.24. The molecule has 6 aromatic rings. The molecular formula is C29H20N2O. The van der Waals surface area contributed by atoms with E-state index in [2.05, 4.69) is 71.7 Å². The van der Waals surface area contributed by atoms with Crippen molar-refractivity contribution in [2.75, 3.05) is 7.11 Å². The number of pyridine rings is 2. The fraction of sp³-hybridized carbons (Fsp3) is 0.0345. The van der Waals surface area contributed by atoms with Gasteiger partial charge in [0.05, 0.1) is 18.8 Å². The van der Waals surface area contributed by atoms with Crippen LogP contribution in [0.15, 0.2) is 104 Å². The summed E-state index contributed by atoms with van der Waals surface area (Å²) < 4.78 is 5.38. The number of hydrogen-bond donors (Lipinski definition) is 0. The molecule has 3 heteroatoms. The zero-order chi connectivity index (χ0) is 21.5. The summed E-state index contributed by atoms with van der Waals surface area (Å²) in [4.78, 5) is 8.90. The Morgan fingerprint density at radius 3 is 1.81 bits per heavy atom. The highest BCUT2D eigenvalue weighted by Gasteiger charge is 2.16. The van der Waals surface area contributed by atoms with E-state index in [1.54, 1.807) is 7.11 Å². The van der Waals surface area contributed by atoms with Crippen molar-refractivity contribution in [1.29, 1.82) is 0 Å². The SMILES string of the molecule is COc1ccc(-c2c3ccccc3c(-c3cnc4cnccc4c3)c3ccccc23)cc1.